The Morgan fingerprint density at radius 1 is 1.17 bits per heavy atom. The zero-order valence-corrected chi connectivity index (χ0v) is 13.7. The largest absolute Gasteiger partial charge is 0.335 e. The monoisotopic (exact) mass is 332 g/mol. The highest BCUT2D eigenvalue weighted by Gasteiger charge is 2.36. The van der Waals surface area contributed by atoms with Crippen molar-refractivity contribution in [1.29, 1.82) is 0 Å². The second kappa shape index (κ2) is 5.74. The standard InChI is InChI=1S/C16H20N4O2S/c21-23(22,16-9-17-12-18-16)20-8-6-15(11-20)19-7-5-13-3-1-2-4-14(13)10-19/h1-4,9,12,15H,5-8,10-11H2,(H,17,18)/t15-/m0/s1. The molecular weight excluding hydrogens is 312 g/mol. The Balaban J connectivity index is 1.47. The van der Waals surface area contributed by atoms with E-state index < -0.39 is 10.0 Å². The highest BCUT2D eigenvalue weighted by molar-refractivity contribution is 7.89. The fourth-order valence-corrected chi connectivity index (χ4v) is 4.97. The molecule has 6 nitrogen and oxygen atoms in total. The van der Waals surface area contributed by atoms with Crippen LogP contribution in [0.1, 0.15) is 17.5 Å². The van der Waals surface area contributed by atoms with Gasteiger partial charge < -0.3 is 4.98 Å². The van der Waals surface area contributed by atoms with Crippen LogP contribution in [0.15, 0.2) is 41.8 Å². The molecule has 0 aliphatic carbocycles. The molecule has 7 heteroatoms. The van der Waals surface area contributed by atoms with Crippen molar-refractivity contribution < 1.29 is 8.42 Å². The summed E-state index contributed by atoms with van der Waals surface area (Å²) in [4.78, 5) is 8.95. The van der Waals surface area contributed by atoms with Crippen LogP contribution in [0.4, 0.5) is 0 Å². The van der Waals surface area contributed by atoms with E-state index in [-0.39, 0.29) is 5.03 Å². The van der Waals surface area contributed by atoms with Gasteiger partial charge in [-0.3, -0.25) is 4.90 Å². The van der Waals surface area contributed by atoms with Crippen LogP contribution in [-0.4, -0.2) is 53.3 Å². The lowest BCUT2D eigenvalue weighted by atomic mass is 9.98. The maximum Gasteiger partial charge on any atom is 0.260 e. The number of H-pyrrole nitrogens is 1. The van der Waals surface area contributed by atoms with Gasteiger partial charge in [0.1, 0.15) is 0 Å². The predicted molar refractivity (Wildman–Crippen MR) is 86.3 cm³/mol. The minimum absolute atomic E-state index is 0.183. The SMILES string of the molecule is O=S(=O)(c1cnc[nH]1)N1CC[C@H](N2CCc3ccccc3C2)C1. The van der Waals surface area contributed by atoms with Crippen LogP contribution in [0.3, 0.4) is 0 Å². The van der Waals surface area contributed by atoms with E-state index in [1.165, 1.54) is 23.7 Å². The van der Waals surface area contributed by atoms with E-state index in [9.17, 15) is 8.42 Å². The molecule has 1 aromatic carbocycles. The number of aromatic nitrogens is 2. The van der Waals surface area contributed by atoms with Crippen molar-refractivity contribution >= 4 is 10.0 Å². The van der Waals surface area contributed by atoms with E-state index in [1.807, 2.05) is 0 Å². The molecule has 0 bridgehead atoms. The summed E-state index contributed by atoms with van der Waals surface area (Å²) in [5, 5.41) is 0.183. The smallest absolute Gasteiger partial charge is 0.260 e. The first kappa shape index (κ1) is 14.9. The molecule has 1 atom stereocenters. The fraction of sp³-hybridized carbons (Fsp3) is 0.438. The van der Waals surface area contributed by atoms with Crippen molar-refractivity contribution in [2.24, 2.45) is 0 Å². The third-order valence-corrected chi connectivity index (χ3v) is 6.68. The lowest BCUT2D eigenvalue weighted by Gasteiger charge is -2.33. The van der Waals surface area contributed by atoms with Crippen LogP contribution < -0.4 is 0 Å². The second-order valence-corrected chi connectivity index (χ2v) is 8.12. The topological polar surface area (TPSA) is 69.3 Å². The number of rotatable bonds is 3. The van der Waals surface area contributed by atoms with Crippen molar-refractivity contribution in [3.63, 3.8) is 0 Å². The van der Waals surface area contributed by atoms with Gasteiger partial charge in [0.15, 0.2) is 5.03 Å². The van der Waals surface area contributed by atoms with Gasteiger partial charge in [-0.1, -0.05) is 24.3 Å². The van der Waals surface area contributed by atoms with E-state index in [1.54, 1.807) is 4.31 Å². The van der Waals surface area contributed by atoms with Gasteiger partial charge in [0.25, 0.3) is 10.0 Å². The normalized spacial score (nSPS) is 23.0. The summed E-state index contributed by atoms with van der Waals surface area (Å²) < 4.78 is 26.7. The predicted octanol–water partition coefficient (Wildman–Crippen LogP) is 1.23. The summed E-state index contributed by atoms with van der Waals surface area (Å²) in [6.45, 7) is 3.05. The number of imidazole rings is 1. The average molecular weight is 332 g/mol. The highest BCUT2D eigenvalue weighted by atomic mass is 32.2. The lowest BCUT2D eigenvalue weighted by Crippen LogP contribution is -2.41. The Morgan fingerprint density at radius 2 is 2.00 bits per heavy atom. The Kier molecular flexibility index (Phi) is 3.71. The van der Waals surface area contributed by atoms with Crippen LogP contribution in [0.25, 0.3) is 0 Å². The van der Waals surface area contributed by atoms with Crippen molar-refractivity contribution in [3.8, 4) is 0 Å². The van der Waals surface area contributed by atoms with Crippen molar-refractivity contribution in [3.05, 3.63) is 47.9 Å². The second-order valence-electron chi connectivity index (χ2n) is 6.21. The lowest BCUT2D eigenvalue weighted by molar-refractivity contribution is 0.185. The molecular formula is C16H20N4O2S. The van der Waals surface area contributed by atoms with Crippen LogP contribution in [0.5, 0.6) is 0 Å². The number of nitrogens with zero attached hydrogens (tertiary/aromatic N) is 3. The van der Waals surface area contributed by atoms with Gasteiger partial charge in [0, 0.05) is 32.2 Å². The van der Waals surface area contributed by atoms with Gasteiger partial charge in [-0.15, -0.1) is 0 Å². The van der Waals surface area contributed by atoms with Gasteiger partial charge in [-0.2, -0.15) is 4.31 Å². The quantitative estimate of drug-likeness (QED) is 0.918. The molecule has 4 rings (SSSR count). The first-order valence-electron chi connectivity index (χ1n) is 7.94. The number of hydrogen-bond acceptors (Lipinski definition) is 4. The fourth-order valence-electron chi connectivity index (χ4n) is 3.58. The van der Waals surface area contributed by atoms with E-state index in [0.29, 0.717) is 19.1 Å². The minimum atomic E-state index is -3.44. The van der Waals surface area contributed by atoms with Crippen molar-refractivity contribution in [2.45, 2.75) is 30.5 Å². The molecule has 122 valence electrons. The van der Waals surface area contributed by atoms with E-state index in [2.05, 4.69) is 39.1 Å². The molecule has 0 unspecified atom stereocenters. The highest BCUT2D eigenvalue weighted by Crippen LogP contribution is 2.27. The third kappa shape index (κ3) is 2.69. The first-order valence-corrected chi connectivity index (χ1v) is 9.38. The average Bonchev–Trinajstić information content (AvgIpc) is 3.26. The molecule has 2 aromatic rings. The number of hydrogen-bond donors (Lipinski definition) is 1. The van der Waals surface area contributed by atoms with Gasteiger partial charge in [0.05, 0.1) is 12.5 Å². The molecule has 1 N–H and O–H groups in total. The number of fused-ring (bicyclic) bond motifs is 1. The maximum atomic E-state index is 12.6. The molecule has 23 heavy (non-hydrogen) atoms. The number of benzene rings is 1. The van der Waals surface area contributed by atoms with Gasteiger partial charge in [-0.05, 0) is 24.0 Å². The zero-order valence-electron chi connectivity index (χ0n) is 12.9. The third-order valence-electron chi connectivity index (χ3n) is 4.89. The summed E-state index contributed by atoms with van der Waals surface area (Å²) in [6, 6.07) is 8.82. The summed E-state index contributed by atoms with van der Waals surface area (Å²) in [6.07, 6.45) is 4.71. The number of nitrogens with one attached hydrogen (secondary N) is 1. The van der Waals surface area contributed by atoms with E-state index in [4.69, 9.17) is 0 Å². The Hall–Kier alpha value is -1.70. The van der Waals surface area contributed by atoms with Gasteiger partial charge in [-0.25, -0.2) is 13.4 Å². The molecule has 0 radical (unpaired) electrons. The van der Waals surface area contributed by atoms with Crippen molar-refractivity contribution in [2.75, 3.05) is 19.6 Å². The molecule has 0 saturated carbocycles. The molecule has 2 aliphatic rings. The molecule has 1 saturated heterocycles. The molecule has 0 amide bonds. The summed E-state index contributed by atoms with van der Waals surface area (Å²) >= 11 is 0. The molecule has 1 aromatic heterocycles. The van der Waals surface area contributed by atoms with Crippen molar-refractivity contribution in [1.82, 2.24) is 19.2 Å². The van der Waals surface area contributed by atoms with Crippen LogP contribution in [0, 0.1) is 0 Å². The summed E-state index contributed by atoms with van der Waals surface area (Å²) in [5.74, 6) is 0. The minimum Gasteiger partial charge on any atom is -0.335 e. The molecule has 1 fully saturated rings. The summed E-state index contributed by atoms with van der Waals surface area (Å²) in [5.41, 5.74) is 2.79. The van der Waals surface area contributed by atoms with Crippen LogP contribution in [0.2, 0.25) is 0 Å². The Labute approximate surface area is 136 Å². The number of aromatic amines is 1. The molecule has 0 spiro atoms. The van der Waals surface area contributed by atoms with Gasteiger partial charge in [0.2, 0.25) is 0 Å². The summed E-state index contributed by atoms with van der Waals surface area (Å²) in [7, 11) is -3.44. The van der Waals surface area contributed by atoms with E-state index >= 15 is 0 Å². The molecule has 2 aliphatic heterocycles. The van der Waals surface area contributed by atoms with E-state index in [0.717, 1.165) is 25.9 Å². The van der Waals surface area contributed by atoms with Crippen LogP contribution in [-0.2, 0) is 23.0 Å². The number of sulfonamides is 1. The van der Waals surface area contributed by atoms with Gasteiger partial charge >= 0.3 is 0 Å². The maximum absolute atomic E-state index is 12.6. The zero-order chi connectivity index (χ0) is 15.9. The first-order chi connectivity index (χ1) is 11.1. The Morgan fingerprint density at radius 3 is 2.78 bits per heavy atom. The molecule has 3 heterocycles. The van der Waals surface area contributed by atoms with Crippen LogP contribution >= 0.6 is 0 Å². The Bertz CT molecular complexity index is 788.